The quantitative estimate of drug-likeness (QED) is 0.652. The highest BCUT2D eigenvalue weighted by atomic mass is 16.5. The van der Waals surface area contributed by atoms with Crippen molar-refractivity contribution in [3.63, 3.8) is 0 Å². The molecule has 3 heteroatoms. The number of carbonyl (C=O) groups excluding carboxylic acids is 1. The van der Waals surface area contributed by atoms with Crippen LogP contribution in [-0.4, -0.2) is 18.1 Å². The molecule has 0 amide bonds. The Morgan fingerprint density at radius 3 is 2.91 bits per heavy atom. The third-order valence-corrected chi connectivity index (χ3v) is 1.56. The topological polar surface area (TPSA) is 42.1 Å². The molecule has 1 N–H and O–H groups in total. The average Bonchev–Trinajstić information content (AvgIpc) is 2.50. The Morgan fingerprint density at radius 2 is 2.45 bits per heavy atom. The largest absolute Gasteiger partial charge is 0.464 e. The Balaban J connectivity index is 2.80. The number of methoxy groups -OCH3 is 1. The molecule has 11 heavy (non-hydrogen) atoms. The highest BCUT2D eigenvalue weighted by Crippen LogP contribution is 2.04. The van der Waals surface area contributed by atoms with Crippen LogP contribution in [0.2, 0.25) is 0 Å². The Labute approximate surface area is 65.4 Å². The summed E-state index contributed by atoms with van der Waals surface area (Å²) in [5.41, 5.74) is 1.63. The second kappa shape index (κ2) is 3.23. The van der Waals surface area contributed by atoms with Crippen LogP contribution in [0.5, 0.6) is 0 Å². The summed E-state index contributed by atoms with van der Waals surface area (Å²) in [4.78, 5) is 13.7. The van der Waals surface area contributed by atoms with Crippen LogP contribution in [0.15, 0.2) is 12.3 Å². The van der Waals surface area contributed by atoms with Gasteiger partial charge in [-0.3, -0.25) is 0 Å². The van der Waals surface area contributed by atoms with Crippen molar-refractivity contribution in [1.29, 1.82) is 0 Å². The van der Waals surface area contributed by atoms with Gasteiger partial charge in [-0.1, -0.05) is 6.92 Å². The molecule has 0 aliphatic heterocycles. The lowest BCUT2D eigenvalue weighted by molar-refractivity contribution is 0.0595. The number of aryl methyl sites for hydroxylation is 1. The number of H-pyrrole nitrogens is 1. The molecule has 0 radical (unpaired) electrons. The molecule has 0 saturated heterocycles. The summed E-state index contributed by atoms with van der Waals surface area (Å²) in [6.45, 7) is 2.03. The lowest BCUT2D eigenvalue weighted by Crippen LogP contribution is -2.00. The summed E-state index contributed by atoms with van der Waals surface area (Å²) in [6, 6.07) is 1.80. The van der Waals surface area contributed by atoms with Crippen LogP contribution < -0.4 is 0 Å². The minimum atomic E-state index is -0.315. The second-order valence-corrected chi connectivity index (χ2v) is 2.27. The first-order chi connectivity index (χ1) is 5.27. The Hall–Kier alpha value is -1.25. The molecule has 0 spiro atoms. The molecule has 3 nitrogen and oxygen atoms in total. The van der Waals surface area contributed by atoms with Crippen LogP contribution in [0.3, 0.4) is 0 Å². The Kier molecular flexibility index (Phi) is 2.31. The molecule has 0 atom stereocenters. The number of aromatic amines is 1. The molecule has 1 aromatic rings. The number of nitrogens with one attached hydrogen (secondary N) is 1. The number of hydrogen-bond donors (Lipinski definition) is 1. The maximum atomic E-state index is 10.9. The van der Waals surface area contributed by atoms with Gasteiger partial charge in [0.25, 0.3) is 0 Å². The molecule has 0 fully saturated rings. The van der Waals surface area contributed by atoms with Crippen molar-refractivity contribution in [2.24, 2.45) is 0 Å². The lowest BCUT2D eigenvalue weighted by Gasteiger charge is -1.91. The van der Waals surface area contributed by atoms with Gasteiger partial charge in [-0.05, 0) is 18.1 Å². The van der Waals surface area contributed by atoms with E-state index in [2.05, 4.69) is 9.72 Å². The van der Waals surface area contributed by atoms with Crippen LogP contribution in [0, 0.1) is 0 Å². The van der Waals surface area contributed by atoms with E-state index in [-0.39, 0.29) is 5.97 Å². The first-order valence-electron chi connectivity index (χ1n) is 3.53. The van der Waals surface area contributed by atoms with Crippen molar-refractivity contribution in [1.82, 2.24) is 4.98 Å². The first kappa shape index (κ1) is 7.85. The van der Waals surface area contributed by atoms with Gasteiger partial charge in [0, 0.05) is 6.20 Å². The highest BCUT2D eigenvalue weighted by Gasteiger charge is 2.06. The number of ether oxygens (including phenoxy) is 1. The van der Waals surface area contributed by atoms with Crippen molar-refractivity contribution in [3.8, 4) is 0 Å². The van der Waals surface area contributed by atoms with E-state index >= 15 is 0 Å². The first-order valence-corrected chi connectivity index (χ1v) is 3.53. The molecular formula is C8H11NO2. The lowest BCUT2D eigenvalue weighted by atomic mass is 10.2. The zero-order valence-electron chi connectivity index (χ0n) is 6.68. The van der Waals surface area contributed by atoms with E-state index < -0.39 is 0 Å². The smallest absolute Gasteiger partial charge is 0.354 e. The minimum Gasteiger partial charge on any atom is -0.464 e. The van der Waals surface area contributed by atoms with Crippen LogP contribution >= 0.6 is 0 Å². The third-order valence-electron chi connectivity index (χ3n) is 1.56. The minimum absolute atomic E-state index is 0.315. The van der Waals surface area contributed by atoms with Crippen molar-refractivity contribution < 1.29 is 9.53 Å². The standard InChI is InChI=1S/C8H11NO2/c1-3-6-4-7(9-5-6)8(10)11-2/h4-5,9H,3H2,1-2H3. The van der Waals surface area contributed by atoms with E-state index in [9.17, 15) is 4.79 Å². The summed E-state index contributed by atoms with van der Waals surface area (Å²) < 4.78 is 4.52. The van der Waals surface area contributed by atoms with E-state index in [0.717, 1.165) is 12.0 Å². The van der Waals surface area contributed by atoms with E-state index in [4.69, 9.17) is 0 Å². The monoisotopic (exact) mass is 153 g/mol. The van der Waals surface area contributed by atoms with Gasteiger partial charge in [0.15, 0.2) is 0 Å². The SMILES string of the molecule is CCc1c[nH]c(C(=O)OC)c1. The fraction of sp³-hybridized carbons (Fsp3) is 0.375. The van der Waals surface area contributed by atoms with Crippen LogP contribution in [0.4, 0.5) is 0 Å². The van der Waals surface area contributed by atoms with Gasteiger partial charge in [-0.15, -0.1) is 0 Å². The van der Waals surface area contributed by atoms with Gasteiger partial charge in [0.05, 0.1) is 7.11 Å². The highest BCUT2D eigenvalue weighted by molar-refractivity contribution is 5.87. The number of esters is 1. The Morgan fingerprint density at radius 1 is 1.73 bits per heavy atom. The molecule has 1 heterocycles. The second-order valence-electron chi connectivity index (χ2n) is 2.27. The van der Waals surface area contributed by atoms with Gasteiger partial charge in [0.1, 0.15) is 5.69 Å². The molecule has 0 saturated carbocycles. The van der Waals surface area contributed by atoms with Crippen molar-refractivity contribution in [2.45, 2.75) is 13.3 Å². The molecule has 1 aromatic heterocycles. The summed E-state index contributed by atoms with van der Waals surface area (Å²) in [5, 5.41) is 0. The van der Waals surface area contributed by atoms with Crippen LogP contribution in [0.25, 0.3) is 0 Å². The van der Waals surface area contributed by atoms with Gasteiger partial charge >= 0.3 is 5.97 Å². The molecule has 0 aromatic carbocycles. The van der Waals surface area contributed by atoms with Crippen LogP contribution in [-0.2, 0) is 11.2 Å². The summed E-state index contributed by atoms with van der Waals surface area (Å²) in [6.07, 6.45) is 2.74. The van der Waals surface area contributed by atoms with E-state index in [1.165, 1.54) is 7.11 Å². The van der Waals surface area contributed by atoms with Crippen molar-refractivity contribution in [3.05, 3.63) is 23.5 Å². The van der Waals surface area contributed by atoms with Gasteiger partial charge < -0.3 is 9.72 Å². The zero-order valence-corrected chi connectivity index (χ0v) is 6.68. The summed E-state index contributed by atoms with van der Waals surface area (Å²) in [7, 11) is 1.37. The van der Waals surface area contributed by atoms with Gasteiger partial charge in [-0.2, -0.15) is 0 Å². The maximum Gasteiger partial charge on any atom is 0.354 e. The normalized spacial score (nSPS) is 9.64. The van der Waals surface area contributed by atoms with Gasteiger partial charge in [0.2, 0.25) is 0 Å². The molecule has 0 bridgehead atoms. The zero-order chi connectivity index (χ0) is 8.27. The number of hydrogen-bond acceptors (Lipinski definition) is 2. The molecule has 0 aliphatic carbocycles. The summed E-state index contributed by atoms with van der Waals surface area (Å²) in [5.74, 6) is -0.315. The van der Waals surface area contributed by atoms with Crippen molar-refractivity contribution >= 4 is 5.97 Å². The van der Waals surface area contributed by atoms with Crippen LogP contribution in [0.1, 0.15) is 23.0 Å². The number of aromatic nitrogens is 1. The van der Waals surface area contributed by atoms with E-state index in [0.29, 0.717) is 5.69 Å². The van der Waals surface area contributed by atoms with Gasteiger partial charge in [-0.25, -0.2) is 4.79 Å². The number of rotatable bonds is 2. The molecule has 0 aliphatic rings. The predicted octanol–water partition coefficient (Wildman–Crippen LogP) is 1.36. The molecule has 0 unspecified atom stereocenters. The molecule has 1 rings (SSSR count). The predicted molar refractivity (Wildman–Crippen MR) is 41.5 cm³/mol. The summed E-state index contributed by atoms with van der Waals surface area (Å²) >= 11 is 0. The van der Waals surface area contributed by atoms with E-state index in [1.54, 1.807) is 6.07 Å². The molecular weight excluding hydrogens is 142 g/mol. The third kappa shape index (κ3) is 1.61. The Bertz CT molecular complexity index is 252. The van der Waals surface area contributed by atoms with Crippen molar-refractivity contribution in [2.75, 3.05) is 7.11 Å². The fourth-order valence-corrected chi connectivity index (χ4v) is 0.871. The molecule has 60 valence electrons. The number of carbonyl (C=O) groups is 1. The average molecular weight is 153 g/mol. The fourth-order valence-electron chi connectivity index (χ4n) is 0.871. The van der Waals surface area contributed by atoms with E-state index in [1.807, 2.05) is 13.1 Å². The maximum absolute atomic E-state index is 10.9.